The van der Waals surface area contributed by atoms with Gasteiger partial charge in [-0.15, -0.1) is 0 Å². The van der Waals surface area contributed by atoms with Gasteiger partial charge in [-0.3, -0.25) is 23.7 Å². The maximum Gasteiger partial charge on any atom is 0.332 e. The fourth-order valence-corrected chi connectivity index (χ4v) is 3.95. The van der Waals surface area contributed by atoms with E-state index < -0.39 is 11.2 Å². The maximum absolute atomic E-state index is 13.0. The number of fused-ring (bicyclic) bond motifs is 1. The molecule has 160 valence electrons. The van der Waals surface area contributed by atoms with Gasteiger partial charge >= 0.3 is 5.69 Å². The van der Waals surface area contributed by atoms with Crippen LogP contribution in [-0.2, 0) is 20.6 Å². The molecule has 0 spiro atoms. The Kier molecular flexibility index (Phi) is 5.12. The number of hydrogen-bond acceptors (Lipinski definition) is 7. The summed E-state index contributed by atoms with van der Waals surface area (Å²) in [7, 11) is 3.07. The Bertz CT molecular complexity index is 1180. The topological polar surface area (TPSA) is 112 Å². The first-order valence-electron chi connectivity index (χ1n) is 9.94. The van der Waals surface area contributed by atoms with Crippen molar-refractivity contribution in [2.24, 2.45) is 20.0 Å². The third kappa shape index (κ3) is 3.37. The van der Waals surface area contributed by atoms with E-state index in [1.807, 2.05) is 4.57 Å². The monoisotopic (exact) mass is 413 g/mol. The summed E-state index contributed by atoms with van der Waals surface area (Å²) in [5.41, 5.74) is 0.869. The van der Waals surface area contributed by atoms with E-state index in [0.717, 1.165) is 36.1 Å². The first-order valence-corrected chi connectivity index (χ1v) is 9.94. The quantitative estimate of drug-likeness (QED) is 0.644. The van der Waals surface area contributed by atoms with Crippen LogP contribution in [0.4, 0.5) is 11.6 Å². The van der Waals surface area contributed by atoms with Gasteiger partial charge in [-0.05, 0) is 36.5 Å². The van der Waals surface area contributed by atoms with Crippen molar-refractivity contribution in [2.45, 2.75) is 26.3 Å². The van der Waals surface area contributed by atoms with Crippen molar-refractivity contribution < 1.29 is 5.21 Å². The van der Waals surface area contributed by atoms with E-state index in [1.54, 1.807) is 19.2 Å². The molecule has 0 bridgehead atoms. The fraction of sp³-hybridized carbons (Fsp3) is 0.450. The standard InChI is InChI=1S/C20H25N6O4/c1-13-8-10-24(11-9-13)19-21-17-16(18(27)23(3)20(28)22(17)2)25(19)12-14-4-6-15(7-5-14)26(29)30/h4-7,13,29H,8-12H2,1-3H3/q-1. The lowest BCUT2D eigenvalue weighted by molar-refractivity contribution is 0.296. The Hall–Kier alpha value is -3.11. The summed E-state index contributed by atoms with van der Waals surface area (Å²) >= 11 is 0. The lowest BCUT2D eigenvalue weighted by Crippen LogP contribution is -2.38. The van der Waals surface area contributed by atoms with E-state index in [9.17, 15) is 14.8 Å². The number of aryl methyl sites for hydroxylation is 1. The van der Waals surface area contributed by atoms with E-state index in [4.69, 9.17) is 10.2 Å². The molecule has 0 radical (unpaired) electrons. The zero-order valence-electron chi connectivity index (χ0n) is 17.3. The Balaban J connectivity index is 1.87. The van der Waals surface area contributed by atoms with E-state index in [-0.39, 0.29) is 10.9 Å². The van der Waals surface area contributed by atoms with Crippen LogP contribution in [0.25, 0.3) is 11.2 Å². The Morgan fingerprint density at radius 3 is 2.37 bits per heavy atom. The third-order valence-electron chi connectivity index (χ3n) is 5.89. The van der Waals surface area contributed by atoms with Crippen LogP contribution in [0.2, 0.25) is 0 Å². The molecule has 1 fully saturated rings. The second kappa shape index (κ2) is 7.62. The molecule has 3 heterocycles. The number of piperidine rings is 1. The molecule has 1 aliphatic rings. The van der Waals surface area contributed by atoms with Gasteiger partial charge in [0.1, 0.15) is 0 Å². The molecule has 0 atom stereocenters. The minimum absolute atomic E-state index is 0.123. The first-order chi connectivity index (χ1) is 14.3. The predicted molar refractivity (Wildman–Crippen MR) is 114 cm³/mol. The molecule has 0 aliphatic carbocycles. The van der Waals surface area contributed by atoms with Crippen molar-refractivity contribution in [1.29, 1.82) is 0 Å². The number of benzene rings is 1. The highest BCUT2D eigenvalue weighted by atomic mass is 16.8. The highest BCUT2D eigenvalue weighted by Gasteiger charge is 2.25. The second-order valence-electron chi connectivity index (χ2n) is 7.98. The minimum atomic E-state index is -0.418. The Labute approximate surface area is 172 Å². The van der Waals surface area contributed by atoms with Crippen molar-refractivity contribution in [2.75, 3.05) is 23.2 Å². The molecular weight excluding hydrogens is 388 g/mol. The van der Waals surface area contributed by atoms with Crippen LogP contribution in [0.1, 0.15) is 25.3 Å². The van der Waals surface area contributed by atoms with Crippen LogP contribution in [0.3, 0.4) is 0 Å². The molecule has 4 rings (SSSR count). The van der Waals surface area contributed by atoms with Gasteiger partial charge in [0.05, 0.1) is 12.2 Å². The van der Waals surface area contributed by atoms with Crippen LogP contribution < -0.4 is 21.4 Å². The number of imidazole rings is 1. The summed E-state index contributed by atoms with van der Waals surface area (Å²) in [5.74, 6) is 1.30. The molecule has 1 aromatic carbocycles. The zero-order valence-corrected chi connectivity index (χ0v) is 17.3. The molecule has 1 aliphatic heterocycles. The van der Waals surface area contributed by atoms with Crippen molar-refractivity contribution in [1.82, 2.24) is 18.7 Å². The SMILES string of the molecule is CC1CCN(c2nc3c(c(=O)n(C)c(=O)n3C)n2Cc2ccc(N([O-])O)cc2)CC1. The van der Waals surface area contributed by atoms with Gasteiger partial charge in [-0.1, -0.05) is 19.1 Å². The molecule has 0 unspecified atom stereocenters. The van der Waals surface area contributed by atoms with Crippen molar-refractivity contribution in [3.05, 3.63) is 55.9 Å². The van der Waals surface area contributed by atoms with E-state index in [0.29, 0.717) is 29.6 Å². The minimum Gasteiger partial charge on any atom is -0.733 e. The summed E-state index contributed by atoms with van der Waals surface area (Å²) in [6.07, 6.45) is 2.06. The molecule has 0 saturated carbocycles. The molecule has 1 saturated heterocycles. The summed E-state index contributed by atoms with van der Waals surface area (Å²) < 4.78 is 4.33. The van der Waals surface area contributed by atoms with Crippen molar-refractivity contribution in [3.63, 3.8) is 0 Å². The highest BCUT2D eigenvalue weighted by Crippen LogP contribution is 2.26. The first kappa shape index (κ1) is 20.2. The molecule has 10 heteroatoms. The van der Waals surface area contributed by atoms with E-state index in [2.05, 4.69) is 11.8 Å². The van der Waals surface area contributed by atoms with Gasteiger partial charge in [0, 0.05) is 27.2 Å². The lowest BCUT2D eigenvalue weighted by atomic mass is 10.00. The van der Waals surface area contributed by atoms with Crippen LogP contribution in [0, 0.1) is 11.1 Å². The molecule has 10 nitrogen and oxygen atoms in total. The smallest absolute Gasteiger partial charge is 0.332 e. The van der Waals surface area contributed by atoms with E-state index >= 15 is 0 Å². The largest absolute Gasteiger partial charge is 0.733 e. The number of aromatic nitrogens is 4. The summed E-state index contributed by atoms with van der Waals surface area (Å²) in [6, 6.07) is 6.46. The molecule has 30 heavy (non-hydrogen) atoms. The highest BCUT2D eigenvalue weighted by molar-refractivity contribution is 5.75. The molecular formula is C20H25N6O4-. The predicted octanol–water partition coefficient (Wildman–Crippen LogP) is 1.41. The summed E-state index contributed by atoms with van der Waals surface area (Å²) in [4.78, 5) is 32.3. The van der Waals surface area contributed by atoms with Crippen molar-refractivity contribution in [3.8, 4) is 0 Å². The fourth-order valence-electron chi connectivity index (χ4n) is 3.95. The van der Waals surface area contributed by atoms with Gasteiger partial charge in [-0.25, -0.2) is 4.79 Å². The number of nitrogens with zero attached hydrogens (tertiary/aromatic N) is 6. The zero-order chi connectivity index (χ0) is 21.6. The van der Waals surface area contributed by atoms with Crippen LogP contribution in [-0.4, -0.2) is 37.0 Å². The van der Waals surface area contributed by atoms with Crippen molar-refractivity contribution >= 4 is 22.8 Å². The summed E-state index contributed by atoms with van der Waals surface area (Å²) in [6.45, 7) is 4.22. The molecule has 0 amide bonds. The normalized spacial score (nSPS) is 15.2. The lowest BCUT2D eigenvalue weighted by Gasteiger charge is -2.31. The van der Waals surface area contributed by atoms with Gasteiger partial charge in [0.2, 0.25) is 5.95 Å². The average Bonchev–Trinajstić information content (AvgIpc) is 3.11. The van der Waals surface area contributed by atoms with Crippen LogP contribution >= 0.6 is 0 Å². The number of rotatable bonds is 4. The maximum atomic E-state index is 13.0. The van der Waals surface area contributed by atoms with Gasteiger partial charge in [0.15, 0.2) is 11.2 Å². The van der Waals surface area contributed by atoms with Crippen LogP contribution in [0.15, 0.2) is 33.9 Å². The molecule has 1 N–H and O–H groups in total. The number of hydrogen-bond donors (Lipinski definition) is 1. The van der Waals surface area contributed by atoms with Gasteiger partial charge in [0.25, 0.3) is 5.56 Å². The Morgan fingerprint density at radius 1 is 1.13 bits per heavy atom. The van der Waals surface area contributed by atoms with Gasteiger partial charge in [-0.2, -0.15) is 4.98 Å². The van der Waals surface area contributed by atoms with Gasteiger partial charge < -0.3 is 15.3 Å². The van der Waals surface area contributed by atoms with Crippen LogP contribution in [0.5, 0.6) is 0 Å². The average molecular weight is 413 g/mol. The molecule has 3 aromatic rings. The summed E-state index contributed by atoms with van der Waals surface area (Å²) in [5, 5.41) is 19.9. The second-order valence-corrected chi connectivity index (χ2v) is 7.98. The number of anilines is 2. The third-order valence-corrected chi connectivity index (χ3v) is 5.89. The molecule has 2 aromatic heterocycles. The Morgan fingerprint density at radius 2 is 1.77 bits per heavy atom. The van der Waals surface area contributed by atoms with E-state index in [1.165, 1.54) is 23.7 Å².